The van der Waals surface area contributed by atoms with Crippen molar-refractivity contribution in [3.8, 4) is 5.75 Å². The van der Waals surface area contributed by atoms with E-state index in [4.69, 9.17) is 0 Å². The van der Waals surface area contributed by atoms with Crippen molar-refractivity contribution in [1.82, 2.24) is 9.80 Å². The Balaban J connectivity index is 1.18. The lowest BCUT2D eigenvalue weighted by atomic mass is 9.83. The number of carboxylic acids is 1. The van der Waals surface area contributed by atoms with E-state index in [1.165, 1.54) is 12.0 Å². The minimum absolute atomic E-state index is 0.218. The molecule has 0 radical (unpaired) electrons. The second kappa shape index (κ2) is 13.2. The van der Waals surface area contributed by atoms with Gasteiger partial charge < -0.3 is 20.2 Å². The van der Waals surface area contributed by atoms with E-state index in [1.807, 2.05) is 6.07 Å². The van der Waals surface area contributed by atoms with Gasteiger partial charge in [0.25, 0.3) is 0 Å². The first-order valence-electron chi connectivity index (χ1n) is 15.4. The first kappa shape index (κ1) is 29.9. The molecular formula is C33H44F2N2O4. The Labute approximate surface area is 242 Å². The molecule has 0 aromatic heterocycles. The first-order chi connectivity index (χ1) is 19.7. The lowest BCUT2D eigenvalue weighted by Gasteiger charge is -2.40. The van der Waals surface area contributed by atoms with Crippen molar-refractivity contribution in [2.45, 2.75) is 81.8 Å². The smallest absolute Gasteiger partial charge is 0.321 e. The Morgan fingerprint density at radius 3 is 2.29 bits per heavy atom. The van der Waals surface area contributed by atoms with Crippen LogP contribution in [0.5, 0.6) is 5.75 Å². The molecule has 3 atom stereocenters. The maximum Gasteiger partial charge on any atom is 0.321 e. The molecule has 2 aromatic rings. The van der Waals surface area contributed by atoms with Gasteiger partial charge in [-0.25, -0.2) is 8.78 Å². The Bertz CT molecular complexity index is 1140. The number of rotatable bonds is 10. The van der Waals surface area contributed by atoms with Gasteiger partial charge in [-0.3, -0.25) is 9.69 Å². The number of nitrogens with zero attached hydrogens (tertiary/aromatic N) is 2. The van der Waals surface area contributed by atoms with Gasteiger partial charge in [0.05, 0.1) is 5.60 Å². The van der Waals surface area contributed by atoms with Crippen LogP contribution in [-0.4, -0.2) is 75.5 Å². The van der Waals surface area contributed by atoms with Crippen LogP contribution in [0, 0.1) is 23.5 Å². The number of aliphatic carboxylic acids is 1. The molecule has 3 N–H and O–H groups in total. The van der Waals surface area contributed by atoms with Crippen molar-refractivity contribution in [2.75, 3.05) is 32.7 Å². The Hall–Kier alpha value is -2.55. The van der Waals surface area contributed by atoms with Crippen molar-refractivity contribution >= 4 is 5.97 Å². The summed E-state index contributed by atoms with van der Waals surface area (Å²) in [5.41, 5.74) is 0.938. The fraction of sp³-hybridized carbons (Fsp3) is 0.606. The molecule has 224 valence electrons. The van der Waals surface area contributed by atoms with Gasteiger partial charge in [0.1, 0.15) is 6.04 Å². The average molecular weight is 571 g/mol. The number of carboxylic acid groups (broad SMARTS) is 1. The molecule has 0 spiro atoms. The molecule has 2 aliphatic heterocycles. The van der Waals surface area contributed by atoms with Crippen LogP contribution in [0.1, 0.15) is 74.8 Å². The fourth-order valence-corrected chi connectivity index (χ4v) is 7.62. The summed E-state index contributed by atoms with van der Waals surface area (Å²) < 4.78 is 27.3. The quantitative estimate of drug-likeness (QED) is 0.347. The summed E-state index contributed by atoms with van der Waals surface area (Å²) >= 11 is 0. The second-order valence-electron chi connectivity index (χ2n) is 12.7. The zero-order valence-electron chi connectivity index (χ0n) is 23.9. The summed E-state index contributed by atoms with van der Waals surface area (Å²) in [5.74, 6) is -2.76. The van der Waals surface area contributed by atoms with E-state index < -0.39 is 35.0 Å². The van der Waals surface area contributed by atoms with Gasteiger partial charge in [0.15, 0.2) is 17.4 Å². The van der Waals surface area contributed by atoms with Crippen molar-refractivity contribution in [3.05, 3.63) is 65.2 Å². The van der Waals surface area contributed by atoms with Crippen LogP contribution in [0.3, 0.4) is 0 Å². The number of phenols is 1. The molecule has 2 aromatic carbocycles. The zero-order valence-corrected chi connectivity index (χ0v) is 23.9. The number of piperidine rings is 1. The number of aromatic hydroxyl groups is 1. The molecule has 3 aliphatic rings. The number of carbonyl (C=O) groups is 1. The Kier molecular flexibility index (Phi) is 9.62. The molecule has 1 aliphatic carbocycles. The molecule has 0 amide bonds. The molecule has 41 heavy (non-hydrogen) atoms. The third-order valence-electron chi connectivity index (χ3n) is 9.90. The van der Waals surface area contributed by atoms with Gasteiger partial charge in [-0.2, -0.15) is 0 Å². The standard InChI is InChI=1S/C33H44F2N2O4/c34-28-18-23(19-29(35)31(28)38)8-7-13-33(41)14-16-36(17-15-33)20-26-21-37(22-27(26)24-9-3-1-4-10-24)30(32(39)40)25-11-5-2-6-12-25/h1,3-4,9-10,18-19,25-27,30,38,41H,2,5-8,11-17,20-22H2,(H,39,40). The van der Waals surface area contributed by atoms with Crippen LogP contribution >= 0.6 is 0 Å². The molecule has 8 heteroatoms. The molecule has 2 saturated heterocycles. The Morgan fingerprint density at radius 2 is 1.66 bits per heavy atom. The van der Waals surface area contributed by atoms with Crippen molar-refractivity contribution in [3.63, 3.8) is 0 Å². The van der Waals surface area contributed by atoms with Gasteiger partial charge in [0.2, 0.25) is 0 Å². The van der Waals surface area contributed by atoms with Crippen molar-refractivity contribution < 1.29 is 28.9 Å². The minimum atomic E-state index is -0.959. The highest BCUT2D eigenvalue weighted by atomic mass is 19.1. The summed E-state index contributed by atoms with van der Waals surface area (Å²) in [6.07, 6.45) is 8.29. The molecule has 2 heterocycles. The number of aryl methyl sites for hydroxylation is 1. The highest BCUT2D eigenvalue weighted by molar-refractivity contribution is 5.74. The predicted molar refractivity (Wildman–Crippen MR) is 154 cm³/mol. The number of hydrogen-bond acceptors (Lipinski definition) is 5. The van der Waals surface area contributed by atoms with Crippen LogP contribution in [0.15, 0.2) is 42.5 Å². The van der Waals surface area contributed by atoms with Crippen molar-refractivity contribution in [2.24, 2.45) is 11.8 Å². The molecule has 3 fully saturated rings. The van der Waals surface area contributed by atoms with Crippen LogP contribution < -0.4 is 0 Å². The predicted octanol–water partition coefficient (Wildman–Crippen LogP) is 5.57. The third-order valence-corrected chi connectivity index (χ3v) is 9.90. The van der Waals surface area contributed by atoms with E-state index in [0.29, 0.717) is 43.6 Å². The first-order valence-corrected chi connectivity index (χ1v) is 15.4. The molecular weight excluding hydrogens is 526 g/mol. The second-order valence-corrected chi connectivity index (χ2v) is 12.7. The molecule has 0 bridgehead atoms. The summed E-state index contributed by atoms with van der Waals surface area (Å²) in [7, 11) is 0. The summed E-state index contributed by atoms with van der Waals surface area (Å²) in [4.78, 5) is 17.2. The maximum absolute atomic E-state index is 13.7. The number of halogens is 2. The number of aliphatic hydroxyl groups is 1. The summed E-state index contributed by atoms with van der Waals surface area (Å²) in [6.45, 7) is 3.94. The van der Waals surface area contributed by atoms with Crippen LogP contribution in [0.25, 0.3) is 0 Å². The van der Waals surface area contributed by atoms with E-state index in [9.17, 15) is 28.9 Å². The van der Waals surface area contributed by atoms with Crippen molar-refractivity contribution in [1.29, 1.82) is 0 Å². The maximum atomic E-state index is 13.7. The van der Waals surface area contributed by atoms with Gasteiger partial charge >= 0.3 is 5.97 Å². The van der Waals surface area contributed by atoms with E-state index in [1.54, 1.807) is 0 Å². The molecule has 1 saturated carbocycles. The lowest BCUT2D eigenvalue weighted by molar-refractivity contribution is -0.145. The van der Waals surface area contributed by atoms with E-state index in [2.05, 4.69) is 34.1 Å². The summed E-state index contributed by atoms with van der Waals surface area (Å²) in [6, 6.07) is 12.4. The number of benzene rings is 2. The molecule has 5 rings (SSSR count). The van der Waals surface area contributed by atoms with Gasteiger partial charge in [-0.1, -0.05) is 49.6 Å². The van der Waals surface area contributed by atoms with E-state index in [0.717, 1.165) is 70.5 Å². The van der Waals surface area contributed by atoms with Gasteiger partial charge in [-0.05, 0) is 80.0 Å². The van der Waals surface area contributed by atoms with Gasteiger partial charge in [0, 0.05) is 38.6 Å². The number of hydrogen-bond donors (Lipinski definition) is 3. The fourth-order valence-electron chi connectivity index (χ4n) is 7.62. The van der Waals surface area contributed by atoms with E-state index >= 15 is 0 Å². The Morgan fingerprint density at radius 1 is 1.00 bits per heavy atom. The van der Waals surface area contributed by atoms with Crippen LogP contribution in [-0.2, 0) is 11.2 Å². The normalized spacial score (nSPS) is 24.9. The molecule has 3 unspecified atom stereocenters. The summed E-state index contributed by atoms with van der Waals surface area (Å²) in [5, 5.41) is 30.8. The largest absolute Gasteiger partial charge is 0.503 e. The number of phenolic OH excluding ortho intramolecular Hbond substituents is 1. The van der Waals surface area contributed by atoms with Gasteiger partial charge in [-0.15, -0.1) is 0 Å². The topological polar surface area (TPSA) is 84.2 Å². The SMILES string of the molecule is O=C(O)C(C1CCCCC1)N1CC(CN2CCC(O)(CCCc3cc(F)c(O)c(F)c3)CC2)C(c2ccccc2)C1. The third kappa shape index (κ3) is 7.27. The highest BCUT2D eigenvalue weighted by Crippen LogP contribution is 2.39. The van der Waals surface area contributed by atoms with Crippen LogP contribution in [0.4, 0.5) is 8.78 Å². The molecule has 6 nitrogen and oxygen atoms in total. The van der Waals surface area contributed by atoms with Crippen LogP contribution in [0.2, 0.25) is 0 Å². The number of likely N-dealkylation sites (tertiary alicyclic amines) is 2. The minimum Gasteiger partial charge on any atom is -0.503 e. The average Bonchev–Trinajstić information content (AvgIpc) is 3.37. The highest BCUT2D eigenvalue weighted by Gasteiger charge is 2.43. The van der Waals surface area contributed by atoms with E-state index in [-0.39, 0.29) is 11.8 Å². The lowest BCUT2D eigenvalue weighted by Crippen LogP contribution is -2.47. The zero-order chi connectivity index (χ0) is 29.0. The monoisotopic (exact) mass is 570 g/mol.